The van der Waals surface area contributed by atoms with Crippen LogP contribution in [0.25, 0.3) is 0 Å². The lowest BCUT2D eigenvalue weighted by Crippen LogP contribution is -2.34. The normalized spacial score (nSPS) is 22.5. The molecule has 14 heavy (non-hydrogen) atoms. The van der Waals surface area contributed by atoms with Crippen molar-refractivity contribution in [1.29, 1.82) is 0 Å². The monoisotopic (exact) mass is 196 g/mol. The predicted octanol–water partition coefficient (Wildman–Crippen LogP) is 1.49. The van der Waals surface area contributed by atoms with Gasteiger partial charge >= 0.3 is 0 Å². The molecule has 2 rings (SSSR count). The molecule has 0 saturated carbocycles. The molecule has 0 N–H and O–H groups in total. The number of hydrogen-bond donors (Lipinski definition) is 0. The molecule has 0 radical (unpaired) electrons. The van der Waals surface area contributed by atoms with Gasteiger partial charge in [0, 0.05) is 24.9 Å². The van der Waals surface area contributed by atoms with Crippen molar-refractivity contribution >= 4 is 0 Å². The van der Waals surface area contributed by atoms with E-state index in [9.17, 15) is 0 Å². The lowest BCUT2D eigenvalue weighted by atomic mass is 9.96. The zero-order chi connectivity index (χ0) is 10.2. The molecule has 4 nitrogen and oxygen atoms in total. The van der Waals surface area contributed by atoms with Crippen LogP contribution in [0.4, 0.5) is 0 Å². The van der Waals surface area contributed by atoms with Crippen molar-refractivity contribution in [2.24, 2.45) is 12.5 Å². The molecular formula is C10H16N2O2. The first-order valence-electron chi connectivity index (χ1n) is 4.79. The number of rotatable bonds is 1. The molecule has 0 aliphatic carbocycles. The van der Waals surface area contributed by atoms with Gasteiger partial charge in [0.1, 0.15) is 0 Å². The number of nitrogens with zero attached hydrogens (tertiary/aromatic N) is 2. The highest BCUT2D eigenvalue weighted by molar-refractivity contribution is 4.94. The summed E-state index contributed by atoms with van der Waals surface area (Å²) in [5.74, 6) is 0.834. The van der Waals surface area contributed by atoms with E-state index in [1.54, 1.807) is 6.20 Å². The number of aryl methyl sites for hydroxylation is 1. The zero-order valence-corrected chi connectivity index (χ0v) is 8.86. The van der Waals surface area contributed by atoms with E-state index in [1.807, 2.05) is 17.8 Å². The van der Waals surface area contributed by atoms with Crippen molar-refractivity contribution in [2.45, 2.75) is 20.1 Å². The fourth-order valence-electron chi connectivity index (χ4n) is 1.45. The molecule has 1 aromatic heterocycles. The molecule has 4 heteroatoms. The second kappa shape index (κ2) is 3.37. The molecule has 0 aromatic carbocycles. The van der Waals surface area contributed by atoms with Gasteiger partial charge < -0.3 is 14.0 Å². The minimum absolute atomic E-state index is 0.113. The Hall–Kier alpha value is -0.870. The highest BCUT2D eigenvalue weighted by atomic mass is 16.7. The second-order valence-corrected chi connectivity index (χ2v) is 4.51. The Kier molecular flexibility index (Phi) is 2.33. The van der Waals surface area contributed by atoms with E-state index in [4.69, 9.17) is 9.47 Å². The molecule has 1 aliphatic rings. The Morgan fingerprint density at radius 1 is 1.43 bits per heavy atom. The topological polar surface area (TPSA) is 36.3 Å². The summed E-state index contributed by atoms with van der Waals surface area (Å²) in [5, 5.41) is 0. The van der Waals surface area contributed by atoms with Crippen LogP contribution in [0, 0.1) is 5.41 Å². The Bertz CT molecular complexity index is 310. The molecule has 78 valence electrons. The molecule has 1 saturated heterocycles. The van der Waals surface area contributed by atoms with E-state index in [1.165, 1.54) is 0 Å². The van der Waals surface area contributed by atoms with Crippen LogP contribution in [0.3, 0.4) is 0 Å². The minimum atomic E-state index is -0.303. The van der Waals surface area contributed by atoms with E-state index >= 15 is 0 Å². The number of ether oxygens (including phenoxy) is 2. The average Bonchev–Trinajstić information content (AvgIpc) is 2.52. The molecule has 0 amide bonds. The third-order valence-electron chi connectivity index (χ3n) is 2.32. The van der Waals surface area contributed by atoms with Gasteiger partial charge in [0.25, 0.3) is 0 Å². The van der Waals surface area contributed by atoms with Gasteiger partial charge in [0.2, 0.25) is 6.29 Å². The van der Waals surface area contributed by atoms with Crippen LogP contribution in [0.5, 0.6) is 0 Å². The highest BCUT2D eigenvalue weighted by Gasteiger charge is 2.30. The van der Waals surface area contributed by atoms with Crippen LogP contribution in [0.1, 0.15) is 26.0 Å². The first kappa shape index (κ1) is 9.68. The summed E-state index contributed by atoms with van der Waals surface area (Å²) >= 11 is 0. The fourth-order valence-corrected chi connectivity index (χ4v) is 1.45. The maximum Gasteiger partial charge on any atom is 0.217 e. The molecule has 0 unspecified atom stereocenters. The van der Waals surface area contributed by atoms with Crippen LogP contribution >= 0.6 is 0 Å². The van der Waals surface area contributed by atoms with Crippen molar-refractivity contribution in [2.75, 3.05) is 13.2 Å². The van der Waals surface area contributed by atoms with Crippen molar-refractivity contribution in [3.05, 3.63) is 18.2 Å². The fraction of sp³-hybridized carbons (Fsp3) is 0.700. The molecule has 0 spiro atoms. The first-order valence-corrected chi connectivity index (χ1v) is 4.79. The summed E-state index contributed by atoms with van der Waals surface area (Å²) in [6, 6.07) is 0. The van der Waals surface area contributed by atoms with Gasteiger partial charge in [0.05, 0.1) is 13.2 Å². The van der Waals surface area contributed by atoms with Crippen LogP contribution in [-0.2, 0) is 16.5 Å². The van der Waals surface area contributed by atoms with E-state index < -0.39 is 0 Å². The van der Waals surface area contributed by atoms with Crippen molar-refractivity contribution in [3.8, 4) is 0 Å². The number of aromatic nitrogens is 2. The van der Waals surface area contributed by atoms with Crippen molar-refractivity contribution < 1.29 is 9.47 Å². The summed E-state index contributed by atoms with van der Waals surface area (Å²) in [7, 11) is 1.94. The molecule has 2 heterocycles. The van der Waals surface area contributed by atoms with Crippen LogP contribution < -0.4 is 0 Å². The third-order valence-corrected chi connectivity index (χ3v) is 2.32. The smallest absolute Gasteiger partial charge is 0.217 e. The summed E-state index contributed by atoms with van der Waals surface area (Å²) in [5.41, 5.74) is 0.113. The number of hydrogen-bond acceptors (Lipinski definition) is 3. The predicted molar refractivity (Wildman–Crippen MR) is 51.6 cm³/mol. The molecular weight excluding hydrogens is 180 g/mol. The van der Waals surface area contributed by atoms with E-state index in [-0.39, 0.29) is 11.7 Å². The van der Waals surface area contributed by atoms with E-state index in [2.05, 4.69) is 18.8 Å². The maximum absolute atomic E-state index is 5.61. The van der Waals surface area contributed by atoms with E-state index in [0.717, 1.165) is 5.82 Å². The molecule has 0 bridgehead atoms. The van der Waals surface area contributed by atoms with Gasteiger partial charge in [-0.25, -0.2) is 4.98 Å². The first-order chi connectivity index (χ1) is 6.58. The minimum Gasteiger partial charge on any atom is -0.345 e. The molecule has 1 aliphatic heterocycles. The standard InChI is InChI=1S/C10H16N2O2/c1-10(2)6-13-9(14-7-10)8-11-4-5-12(8)3/h4-5,9H,6-7H2,1-3H3. The van der Waals surface area contributed by atoms with Gasteiger partial charge in [0.15, 0.2) is 5.82 Å². The van der Waals surface area contributed by atoms with Gasteiger partial charge in [-0.05, 0) is 0 Å². The van der Waals surface area contributed by atoms with Crippen molar-refractivity contribution in [1.82, 2.24) is 9.55 Å². The second-order valence-electron chi connectivity index (χ2n) is 4.51. The van der Waals surface area contributed by atoms with Crippen LogP contribution in [-0.4, -0.2) is 22.8 Å². The molecule has 0 atom stereocenters. The summed E-state index contributed by atoms with van der Waals surface area (Å²) in [4.78, 5) is 4.20. The van der Waals surface area contributed by atoms with Crippen LogP contribution in [0.15, 0.2) is 12.4 Å². The van der Waals surface area contributed by atoms with Gasteiger partial charge in [-0.2, -0.15) is 0 Å². The van der Waals surface area contributed by atoms with E-state index in [0.29, 0.717) is 13.2 Å². The third kappa shape index (κ3) is 1.81. The molecule has 1 aromatic rings. The Morgan fingerprint density at radius 2 is 2.07 bits per heavy atom. The maximum atomic E-state index is 5.61. The summed E-state index contributed by atoms with van der Waals surface area (Å²) in [6.45, 7) is 5.68. The van der Waals surface area contributed by atoms with Gasteiger partial charge in [-0.1, -0.05) is 13.8 Å². The Balaban J connectivity index is 2.06. The zero-order valence-electron chi connectivity index (χ0n) is 8.86. The average molecular weight is 196 g/mol. The quantitative estimate of drug-likeness (QED) is 0.682. The summed E-state index contributed by atoms with van der Waals surface area (Å²) in [6.07, 6.45) is 3.34. The van der Waals surface area contributed by atoms with Crippen molar-refractivity contribution in [3.63, 3.8) is 0 Å². The largest absolute Gasteiger partial charge is 0.345 e. The SMILES string of the molecule is Cn1ccnc1C1OCC(C)(C)CO1. The lowest BCUT2D eigenvalue weighted by Gasteiger charge is -2.34. The highest BCUT2D eigenvalue weighted by Crippen LogP contribution is 2.29. The number of imidazole rings is 1. The van der Waals surface area contributed by atoms with Crippen LogP contribution in [0.2, 0.25) is 0 Å². The Morgan fingerprint density at radius 3 is 2.57 bits per heavy atom. The van der Waals surface area contributed by atoms with Gasteiger partial charge in [-0.15, -0.1) is 0 Å². The summed E-state index contributed by atoms with van der Waals surface area (Å²) < 4.78 is 13.1. The molecule has 1 fully saturated rings. The Labute approximate surface area is 83.8 Å². The lowest BCUT2D eigenvalue weighted by molar-refractivity contribution is -0.230. The van der Waals surface area contributed by atoms with Gasteiger partial charge in [-0.3, -0.25) is 0 Å².